The fourth-order valence-corrected chi connectivity index (χ4v) is 3.75. The van der Waals surface area contributed by atoms with E-state index in [1.54, 1.807) is 6.92 Å². The molecule has 2 aromatic carbocycles. The third-order valence-electron chi connectivity index (χ3n) is 4.12. The zero-order valence-corrected chi connectivity index (χ0v) is 16.4. The number of nitrogens with one attached hydrogen (secondary N) is 1. The van der Waals surface area contributed by atoms with Crippen molar-refractivity contribution in [3.63, 3.8) is 0 Å². The molecule has 0 radical (unpaired) electrons. The third kappa shape index (κ3) is 4.85. The standard InChI is InChI=1S/C21H18N2O5S/c1-2-28-21(25)19-17(15-6-4-3-5-7-15)13-29-20(19)22-18(24)12-14-8-10-16(11-9-14)23(26)27/h3-11,13H,2,12H2,1H3,(H,22,24). The molecule has 1 N–H and O–H groups in total. The van der Waals surface area contributed by atoms with Crippen molar-refractivity contribution < 1.29 is 19.2 Å². The minimum Gasteiger partial charge on any atom is -0.462 e. The second kappa shape index (κ2) is 9.11. The van der Waals surface area contributed by atoms with Crippen LogP contribution in [0.4, 0.5) is 10.7 Å². The van der Waals surface area contributed by atoms with E-state index in [-0.39, 0.29) is 24.6 Å². The third-order valence-corrected chi connectivity index (χ3v) is 5.02. The van der Waals surface area contributed by atoms with Gasteiger partial charge in [-0.1, -0.05) is 42.5 Å². The number of carbonyl (C=O) groups excluding carboxylic acids is 2. The van der Waals surface area contributed by atoms with Gasteiger partial charge in [0, 0.05) is 23.1 Å². The molecular formula is C21H18N2O5S. The van der Waals surface area contributed by atoms with Crippen molar-refractivity contribution in [3.8, 4) is 11.1 Å². The Bertz CT molecular complexity index is 1030. The Morgan fingerprint density at radius 2 is 1.79 bits per heavy atom. The number of thiophene rings is 1. The number of anilines is 1. The summed E-state index contributed by atoms with van der Waals surface area (Å²) in [6.45, 7) is 1.94. The molecule has 0 aliphatic heterocycles. The molecular weight excluding hydrogens is 392 g/mol. The van der Waals surface area contributed by atoms with Gasteiger partial charge in [-0.2, -0.15) is 0 Å². The molecule has 0 spiro atoms. The van der Waals surface area contributed by atoms with Gasteiger partial charge in [-0.15, -0.1) is 11.3 Å². The molecule has 0 saturated heterocycles. The van der Waals surface area contributed by atoms with Crippen molar-refractivity contribution in [2.75, 3.05) is 11.9 Å². The van der Waals surface area contributed by atoms with Crippen molar-refractivity contribution >= 4 is 33.9 Å². The van der Waals surface area contributed by atoms with Crippen LogP contribution in [-0.4, -0.2) is 23.4 Å². The summed E-state index contributed by atoms with van der Waals surface area (Å²) < 4.78 is 5.18. The highest BCUT2D eigenvalue weighted by atomic mass is 32.1. The Morgan fingerprint density at radius 1 is 1.10 bits per heavy atom. The summed E-state index contributed by atoms with van der Waals surface area (Å²) in [6, 6.07) is 15.2. The number of hydrogen-bond donors (Lipinski definition) is 1. The lowest BCUT2D eigenvalue weighted by atomic mass is 10.0. The van der Waals surface area contributed by atoms with E-state index in [0.717, 1.165) is 5.56 Å². The number of nitrogens with zero attached hydrogens (tertiary/aromatic N) is 1. The van der Waals surface area contributed by atoms with E-state index in [4.69, 9.17) is 4.74 Å². The summed E-state index contributed by atoms with van der Waals surface area (Å²) in [7, 11) is 0. The first-order chi connectivity index (χ1) is 14.0. The summed E-state index contributed by atoms with van der Waals surface area (Å²) in [5.74, 6) is -0.830. The van der Waals surface area contributed by atoms with Crippen LogP contribution in [-0.2, 0) is 16.0 Å². The van der Waals surface area contributed by atoms with Crippen LogP contribution in [0.5, 0.6) is 0 Å². The van der Waals surface area contributed by atoms with Gasteiger partial charge in [0.2, 0.25) is 5.91 Å². The molecule has 1 heterocycles. The first-order valence-electron chi connectivity index (χ1n) is 8.86. The molecule has 0 unspecified atom stereocenters. The maximum absolute atomic E-state index is 12.5. The Balaban J connectivity index is 1.82. The van der Waals surface area contributed by atoms with Crippen molar-refractivity contribution in [3.05, 3.63) is 81.2 Å². The normalized spacial score (nSPS) is 10.4. The number of nitro benzene ring substituents is 1. The van der Waals surface area contributed by atoms with Gasteiger partial charge < -0.3 is 10.1 Å². The smallest absolute Gasteiger partial charge is 0.341 e. The lowest BCUT2D eigenvalue weighted by Gasteiger charge is -2.09. The van der Waals surface area contributed by atoms with Crippen molar-refractivity contribution in [1.29, 1.82) is 0 Å². The Morgan fingerprint density at radius 3 is 2.41 bits per heavy atom. The molecule has 0 aliphatic carbocycles. The highest BCUT2D eigenvalue weighted by molar-refractivity contribution is 7.15. The monoisotopic (exact) mass is 410 g/mol. The number of carbonyl (C=O) groups is 2. The van der Waals surface area contributed by atoms with E-state index >= 15 is 0 Å². The zero-order chi connectivity index (χ0) is 20.8. The van der Waals surface area contributed by atoms with Gasteiger partial charge in [-0.05, 0) is 18.1 Å². The summed E-state index contributed by atoms with van der Waals surface area (Å²) >= 11 is 1.25. The van der Waals surface area contributed by atoms with E-state index < -0.39 is 10.9 Å². The molecule has 7 nitrogen and oxygen atoms in total. The molecule has 29 heavy (non-hydrogen) atoms. The predicted molar refractivity (Wildman–Crippen MR) is 111 cm³/mol. The van der Waals surface area contributed by atoms with E-state index in [2.05, 4.69) is 5.32 Å². The first-order valence-corrected chi connectivity index (χ1v) is 9.74. The number of non-ortho nitro benzene ring substituents is 1. The maximum atomic E-state index is 12.5. The molecule has 0 fully saturated rings. The summed E-state index contributed by atoms with van der Waals surface area (Å²) in [6.07, 6.45) is 0.0266. The van der Waals surface area contributed by atoms with Crippen LogP contribution in [0.2, 0.25) is 0 Å². The van der Waals surface area contributed by atoms with E-state index in [1.807, 2.05) is 35.7 Å². The molecule has 3 aromatic rings. The number of hydrogen-bond acceptors (Lipinski definition) is 6. The topological polar surface area (TPSA) is 98.5 Å². The van der Waals surface area contributed by atoms with Gasteiger partial charge in [0.15, 0.2) is 0 Å². The summed E-state index contributed by atoms with van der Waals surface area (Å²) in [4.78, 5) is 35.3. The van der Waals surface area contributed by atoms with Crippen LogP contribution < -0.4 is 5.32 Å². The second-order valence-electron chi connectivity index (χ2n) is 6.09. The Kier molecular flexibility index (Phi) is 6.36. The molecule has 0 saturated carbocycles. The summed E-state index contributed by atoms with van der Waals surface area (Å²) in [5.41, 5.74) is 2.46. The largest absolute Gasteiger partial charge is 0.462 e. The fraction of sp³-hybridized carbons (Fsp3) is 0.143. The number of ether oxygens (including phenoxy) is 1. The molecule has 8 heteroatoms. The van der Waals surface area contributed by atoms with Crippen LogP contribution in [0, 0.1) is 10.1 Å². The lowest BCUT2D eigenvalue weighted by molar-refractivity contribution is -0.384. The highest BCUT2D eigenvalue weighted by Gasteiger charge is 2.22. The van der Waals surface area contributed by atoms with Gasteiger partial charge in [-0.25, -0.2) is 4.79 Å². The van der Waals surface area contributed by atoms with Gasteiger partial charge in [0.05, 0.1) is 18.0 Å². The fourth-order valence-electron chi connectivity index (χ4n) is 2.78. The van der Waals surface area contributed by atoms with Gasteiger partial charge >= 0.3 is 5.97 Å². The Labute approximate surface area is 171 Å². The SMILES string of the molecule is CCOC(=O)c1c(-c2ccccc2)csc1NC(=O)Cc1ccc([N+](=O)[O-])cc1. The molecule has 0 bridgehead atoms. The first kappa shape index (κ1) is 20.2. The van der Waals surface area contributed by atoms with E-state index in [9.17, 15) is 19.7 Å². The molecule has 1 amide bonds. The quantitative estimate of drug-likeness (QED) is 0.346. The van der Waals surface area contributed by atoms with Crippen LogP contribution in [0.25, 0.3) is 11.1 Å². The van der Waals surface area contributed by atoms with Crippen molar-refractivity contribution in [2.24, 2.45) is 0 Å². The Hall–Kier alpha value is -3.52. The molecule has 148 valence electrons. The minimum atomic E-state index is -0.502. The zero-order valence-electron chi connectivity index (χ0n) is 15.6. The van der Waals surface area contributed by atoms with Crippen molar-refractivity contribution in [2.45, 2.75) is 13.3 Å². The number of esters is 1. The number of nitro groups is 1. The average Bonchev–Trinajstić information content (AvgIpc) is 3.12. The number of amides is 1. The van der Waals surface area contributed by atoms with Crippen LogP contribution in [0.3, 0.4) is 0 Å². The lowest BCUT2D eigenvalue weighted by Crippen LogP contribution is -2.16. The van der Waals surface area contributed by atoms with Crippen LogP contribution in [0.1, 0.15) is 22.8 Å². The molecule has 0 atom stereocenters. The van der Waals surface area contributed by atoms with E-state index in [0.29, 0.717) is 21.7 Å². The van der Waals surface area contributed by atoms with Gasteiger partial charge in [-0.3, -0.25) is 14.9 Å². The van der Waals surface area contributed by atoms with Gasteiger partial charge in [0.1, 0.15) is 10.6 Å². The highest BCUT2D eigenvalue weighted by Crippen LogP contribution is 2.36. The average molecular weight is 410 g/mol. The van der Waals surface area contributed by atoms with Crippen molar-refractivity contribution in [1.82, 2.24) is 0 Å². The van der Waals surface area contributed by atoms with Crippen LogP contribution >= 0.6 is 11.3 Å². The summed E-state index contributed by atoms with van der Waals surface area (Å²) in [5, 5.41) is 15.7. The number of rotatable bonds is 7. The van der Waals surface area contributed by atoms with E-state index in [1.165, 1.54) is 35.6 Å². The molecule has 3 rings (SSSR count). The number of benzene rings is 2. The van der Waals surface area contributed by atoms with Crippen LogP contribution in [0.15, 0.2) is 60.0 Å². The minimum absolute atomic E-state index is 0.0266. The molecule has 1 aromatic heterocycles. The molecule has 0 aliphatic rings. The maximum Gasteiger partial charge on any atom is 0.341 e. The second-order valence-corrected chi connectivity index (χ2v) is 6.97. The predicted octanol–water partition coefficient (Wildman–Crippen LogP) is 4.68. The van der Waals surface area contributed by atoms with Gasteiger partial charge in [0.25, 0.3) is 5.69 Å².